The number of sulfonamides is 1. The number of carboxylic acids is 1. The zero-order valence-corrected chi connectivity index (χ0v) is 19.3. The molecule has 0 aliphatic rings. The fourth-order valence-electron chi connectivity index (χ4n) is 3.30. The molecule has 4 aromatic rings. The van der Waals surface area contributed by atoms with Crippen molar-refractivity contribution in [3.63, 3.8) is 0 Å². The number of methoxy groups -OCH3 is 1. The molecule has 1 N–H and O–H groups in total. The molecule has 33 heavy (non-hydrogen) atoms. The second-order valence-electron chi connectivity index (χ2n) is 6.86. The molecule has 9 nitrogen and oxygen atoms in total. The lowest BCUT2D eigenvalue weighted by molar-refractivity contribution is -0.135. The van der Waals surface area contributed by atoms with Gasteiger partial charge in [-0.15, -0.1) is 0 Å². The van der Waals surface area contributed by atoms with Crippen molar-refractivity contribution in [3.05, 3.63) is 71.1 Å². The second-order valence-corrected chi connectivity index (χ2v) is 9.59. The summed E-state index contributed by atoms with van der Waals surface area (Å²) in [7, 11) is -2.78. The SMILES string of the molecule is COc1cc(-n2ccc3cc(N(CC(=O)O)S(=O)(=O)c4cc(Cl)cc(Cl)c4)ccc32)ncn1. The van der Waals surface area contributed by atoms with Crippen LogP contribution in [0.3, 0.4) is 0 Å². The Morgan fingerprint density at radius 1 is 1.09 bits per heavy atom. The number of rotatable bonds is 7. The molecule has 2 aromatic carbocycles. The third kappa shape index (κ3) is 4.58. The van der Waals surface area contributed by atoms with Crippen LogP contribution in [0.4, 0.5) is 5.69 Å². The maximum atomic E-state index is 13.3. The van der Waals surface area contributed by atoms with Gasteiger partial charge in [-0.2, -0.15) is 0 Å². The van der Waals surface area contributed by atoms with Crippen LogP contribution < -0.4 is 9.04 Å². The number of anilines is 1. The first-order valence-electron chi connectivity index (χ1n) is 9.37. The molecule has 0 amide bonds. The number of aliphatic carboxylic acids is 1. The zero-order valence-electron chi connectivity index (χ0n) is 17.0. The summed E-state index contributed by atoms with van der Waals surface area (Å²) < 4.78 is 34.3. The normalized spacial score (nSPS) is 11.5. The first-order chi connectivity index (χ1) is 15.7. The summed E-state index contributed by atoms with van der Waals surface area (Å²) in [5.74, 6) is -0.386. The quantitative estimate of drug-likeness (QED) is 0.402. The van der Waals surface area contributed by atoms with Crippen LogP contribution in [0, 0.1) is 0 Å². The van der Waals surface area contributed by atoms with E-state index in [-0.39, 0.29) is 20.6 Å². The van der Waals surface area contributed by atoms with Crippen molar-refractivity contribution in [3.8, 4) is 11.7 Å². The van der Waals surface area contributed by atoms with Crippen LogP contribution in [-0.4, -0.2) is 47.7 Å². The topological polar surface area (TPSA) is 115 Å². The number of fused-ring (bicyclic) bond motifs is 1. The van der Waals surface area contributed by atoms with E-state index in [1.807, 2.05) is 0 Å². The van der Waals surface area contributed by atoms with Gasteiger partial charge in [0.15, 0.2) is 0 Å². The van der Waals surface area contributed by atoms with Crippen LogP contribution in [0.2, 0.25) is 10.0 Å². The number of aromatic nitrogens is 3. The Balaban J connectivity index is 1.81. The van der Waals surface area contributed by atoms with Gasteiger partial charge >= 0.3 is 5.97 Å². The van der Waals surface area contributed by atoms with Gasteiger partial charge in [-0.25, -0.2) is 18.4 Å². The predicted molar refractivity (Wildman–Crippen MR) is 124 cm³/mol. The van der Waals surface area contributed by atoms with E-state index < -0.39 is 22.5 Å². The molecule has 0 spiro atoms. The smallest absolute Gasteiger partial charge is 0.324 e. The number of hydrogen-bond donors (Lipinski definition) is 1. The van der Waals surface area contributed by atoms with Crippen molar-refractivity contribution in [2.75, 3.05) is 18.0 Å². The third-order valence-electron chi connectivity index (χ3n) is 4.75. The molecule has 0 aliphatic heterocycles. The van der Waals surface area contributed by atoms with E-state index >= 15 is 0 Å². The van der Waals surface area contributed by atoms with Crippen molar-refractivity contribution >= 4 is 55.8 Å². The summed E-state index contributed by atoms with van der Waals surface area (Å²) in [6, 6.07) is 12.0. The summed E-state index contributed by atoms with van der Waals surface area (Å²) in [4.78, 5) is 19.5. The number of ether oxygens (including phenoxy) is 1. The summed E-state index contributed by atoms with van der Waals surface area (Å²) in [5.41, 5.74) is 0.886. The summed E-state index contributed by atoms with van der Waals surface area (Å²) >= 11 is 11.9. The highest BCUT2D eigenvalue weighted by Crippen LogP contribution is 2.31. The van der Waals surface area contributed by atoms with Gasteiger partial charge in [0.25, 0.3) is 10.0 Å². The molecule has 0 radical (unpaired) electrons. The molecule has 12 heteroatoms. The molecule has 0 atom stereocenters. The van der Waals surface area contributed by atoms with Crippen molar-refractivity contribution in [1.29, 1.82) is 0 Å². The third-order valence-corrected chi connectivity index (χ3v) is 6.94. The van der Waals surface area contributed by atoms with Crippen LogP contribution >= 0.6 is 23.2 Å². The minimum Gasteiger partial charge on any atom is -0.481 e. The number of benzene rings is 2. The van der Waals surface area contributed by atoms with Crippen LogP contribution in [0.25, 0.3) is 16.7 Å². The van der Waals surface area contributed by atoms with Gasteiger partial charge < -0.3 is 14.4 Å². The van der Waals surface area contributed by atoms with E-state index in [1.165, 1.54) is 37.7 Å². The van der Waals surface area contributed by atoms with E-state index in [0.717, 1.165) is 9.82 Å². The van der Waals surface area contributed by atoms with E-state index in [0.29, 0.717) is 17.1 Å². The average molecular weight is 507 g/mol. The highest BCUT2D eigenvalue weighted by molar-refractivity contribution is 7.92. The first-order valence-corrected chi connectivity index (χ1v) is 11.6. The van der Waals surface area contributed by atoms with E-state index in [9.17, 15) is 18.3 Å². The molecular formula is C21H16Cl2N4O5S. The van der Waals surface area contributed by atoms with Gasteiger partial charge in [0.2, 0.25) is 5.88 Å². The summed E-state index contributed by atoms with van der Waals surface area (Å²) in [6.07, 6.45) is 3.12. The number of carbonyl (C=O) groups is 1. The molecule has 0 bridgehead atoms. The Hall–Kier alpha value is -3.34. The van der Waals surface area contributed by atoms with Crippen LogP contribution in [0.1, 0.15) is 0 Å². The fourth-order valence-corrected chi connectivity index (χ4v) is 5.43. The first kappa shape index (κ1) is 22.8. The Bertz CT molecular complexity index is 1450. The zero-order chi connectivity index (χ0) is 23.8. The number of nitrogens with zero attached hydrogens (tertiary/aromatic N) is 4. The molecular weight excluding hydrogens is 491 g/mol. The van der Waals surface area contributed by atoms with Gasteiger partial charge in [0.1, 0.15) is 18.7 Å². The lowest BCUT2D eigenvalue weighted by Crippen LogP contribution is -2.35. The summed E-state index contributed by atoms with van der Waals surface area (Å²) in [5, 5.41) is 10.3. The Morgan fingerprint density at radius 3 is 2.48 bits per heavy atom. The van der Waals surface area contributed by atoms with Crippen molar-refractivity contribution < 1.29 is 23.1 Å². The molecule has 170 valence electrons. The Morgan fingerprint density at radius 2 is 1.82 bits per heavy atom. The Labute approximate surface area is 198 Å². The largest absolute Gasteiger partial charge is 0.481 e. The molecule has 4 rings (SSSR count). The van der Waals surface area contributed by atoms with E-state index in [4.69, 9.17) is 27.9 Å². The van der Waals surface area contributed by atoms with Crippen molar-refractivity contribution in [2.24, 2.45) is 0 Å². The van der Waals surface area contributed by atoms with Crippen LogP contribution in [0.5, 0.6) is 5.88 Å². The fraction of sp³-hybridized carbons (Fsp3) is 0.0952. The maximum absolute atomic E-state index is 13.3. The molecule has 0 saturated heterocycles. The molecule has 2 aromatic heterocycles. The van der Waals surface area contributed by atoms with Gasteiger partial charge in [-0.05, 0) is 42.5 Å². The minimum absolute atomic E-state index is 0.115. The lowest BCUT2D eigenvalue weighted by Gasteiger charge is -2.23. The monoisotopic (exact) mass is 506 g/mol. The lowest BCUT2D eigenvalue weighted by atomic mass is 10.2. The minimum atomic E-state index is -4.28. The van der Waals surface area contributed by atoms with Crippen LogP contribution in [0.15, 0.2) is 66.0 Å². The standard InChI is InChI=1S/C21H16Cl2N4O5S/c1-32-20-10-19(24-12-25-20)26-5-4-13-6-16(2-3-18(13)26)27(11-21(28)29)33(30,31)17-8-14(22)7-15(23)9-17/h2-10,12H,11H2,1H3,(H,28,29). The Kier molecular flexibility index (Phi) is 6.15. The van der Waals surface area contributed by atoms with Gasteiger partial charge in [-0.3, -0.25) is 9.10 Å². The maximum Gasteiger partial charge on any atom is 0.324 e. The molecule has 0 aliphatic carbocycles. The highest BCUT2D eigenvalue weighted by atomic mass is 35.5. The average Bonchev–Trinajstić information content (AvgIpc) is 3.20. The molecule has 0 unspecified atom stereocenters. The second kappa shape index (κ2) is 8.89. The molecule has 0 saturated carbocycles. The number of hydrogen-bond acceptors (Lipinski definition) is 6. The van der Waals surface area contributed by atoms with E-state index in [1.54, 1.807) is 35.0 Å². The predicted octanol–water partition coefficient (Wildman–Crippen LogP) is 4.02. The van der Waals surface area contributed by atoms with Crippen LogP contribution in [-0.2, 0) is 14.8 Å². The molecule has 2 heterocycles. The van der Waals surface area contributed by atoms with Gasteiger partial charge in [0, 0.05) is 27.7 Å². The number of carboxylic acid groups (broad SMARTS) is 1. The summed E-state index contributed by atoms with van der Waals surface area (Å²) in [6.45, 7) is -0.790. The van der Waals surface area contributed by atoms with Crippen molar-refractivity contribution in [1.82, 2.24) is 14.5 Å². The number of halogens is 2. The van der Waals surface area contributed by atoms with Gasteiger partial charge in [0.05, 0.1) is 23.2 Å². The van der Waals surface area contributed by atoms with Gasteiger partial charge in [-0.1, -0.05) is 23.2 Å². The van der Waals surface area contributed by atoms with E-state index in [2.05, 4.69) is 9.97 Å². The molecule has 0 fully saturated rings. The van der Waals surface area contributed by atoms with Crippen molar-refractivity contribution in [2.45, 2.75) is 4.90 Å². The highest BCUT2D eigenvalue weighted by Gasteiger charge is 2.28.